The van der Waals surface area contributed by atoms with Crippen LogP contribution in [-0.2, 0) is 14.3 Å². The van der Waals surface area contributed by atoms with Gasteiger partial charge in [-0.3, -0.25) is 0 Å². The maximum atomic E-state index is 11.4. The molecule has 0 saturated heterocycles. The molecule has 0 bridgehead atoms. The van der Waals surface area contributed by atoms with Crippen molar-refractivity contribution in [1.29, 1.82) is 0 Å². The predicted molar refractivity (Wildman–Crippen MR) is 66.1 cm³/mol. The van der Waals surface area contributed by atoms with Gasteiger partial charge in [-0.05, 0) is 27.2 Å². The molecular weight excluding hydrogens is 226 g/mol. The highest BCUT2D eigenvalue weighted by atomic mass is 32.1. The second-order valence-corrected chi connectivity index (χ2v) is 5.03. The second-order valence-electron chi connectivity index (χ2n) is 4.30. The molecule has 92 valence electrons. The molecule has 4 nitrogen and oxygen atoms in total. The average Bonchev–Trinajstić information content (AvgIpc) is 2.40. The molecule has 0 saturated carbocycles. The molecule has 0 radical (unpaired) electrons. The summed E-state index contributed by atoms with van der Waals surface area (Å²) in [5.74, 6) is 0.208. The molecule has 0 aromatic carbocycles. The highest BCUT2D eigenvalue weighted by molar-refractivity contribution is 7.81. The Morgan fingerprint density at radius 1 is 1.56 bits per heavy atom. The van der Waals surface area contributed by atoms with Crippen molar-refractivity contribution in [2.24, 2.45) is 4.99 Å². The Labute approximate surface area is 102 Å². The summed E-state index contributed by atoms with van der Waals surface area (Å²) in [6, 6.07) is 0. The summed E-state index contributed by atoms with van der Waals surface area (Å²) in [5, 5.41) is 0.118. The lowest BCUT2D eigenvalue weighted by Crippen LogP contribution is -2.25. The van der Waals surface area contributed by atoms with Crippen LogP contribution >= 0.6 is 12.6 Å². The summed E-state index contributed by atoms with van der Waals surface area (Å²) in [5.41, 5.74) is -0.733. The van der Waals surface area contributed by atoms with Crippen molar-refractivity contribution in [1.82, 2.24) is 0 Å². The van der Waals surface area contributed by atoms with Crippen LogP contribution in [-0.4, -0.2) is 35.9 Å². The van der Waals surface area contributed by atoms with Crippen molar-refractivity contribution in [3.63, 3.8) is 0 Å². The number of rotatable bonds is 6. The first-order valence-corrected chi connectivity index (χ1v) is 6.04. The van der Waals surface area contributed by atoms with Crippen LogP contribution in [0.2, 0.25) is 0 Å². The molecule has 0 fully saturated rings. The van der Waals surface area contributed by atoms with Crippen molar-refractivity contribution in [2.45, 2.75) is 44.4 Å². The Morgan fingerprint density at radius 2 is 2.25 bits per heavy atom. The average molecular weight is 245 g/mol. The van der Waals surface area contributed by atoms with E-state index in [1.807, 2.05) is 6.92 Å². The van der Waals surface area contributed by atoms with Crippen LogP contribution in [0.5, 0.6) is 0 Å². The largest absolute Gasteiger partial charge is 0.410 e. The maximum Gasteiger partial charge on any atom is 0.340 e. The lowest BCUT2D eigenvalue weighted by atomic mass is 10.1. The summed E-state index contributed by atoms with van der Waals surface area (Å²) >= 11 is 4.41. The molecule has 0 spiro atoms. The maximum absolute atomic E-state index is 11.4. The Balaban J connectivity index is 2.35. The van der Waals surface area contributed by atoms with Crippen LogP contribution in [0.4, 0.5) is 0 Å². The lowest BCUT2D eigenvalue weighted by molar-refractivity contribution is -0.137. The minimum atomic E-state index is -0.733. The molecule has 1 unspecified atom stereocenters. The first-order valence-electron chi connectivity index (χ1n) is 5.52. The van der Waals surface area contributed by atoms with E-state index in [0.29, 0.717) is 25.5 Å². The standard InChI is InChI=1S/C11H19NO3S/c1-4-14-6-5-8(16)7-9-12-11(2,3)10(13)15-9/h8,16H,4-7H2,1-3H3. The number of carbonyl (C=O) groups excluding carboxylic acids is 1. The molecule has 1 atom stereocenters. The fourth-order valence-corrected chi connectivity index (χ4v) is 1.63. The van der Waals surface area contributed by atoms with Crippen molar-refractivity contribution in [3.8, 4) is 0 Å². The molecule has 1 aliphatic heterocycles. The summed E-state index contributed by atoms with van der Waals surface area (Å²) in [6.45, 7) is 6.84. The monoisotopic (exact) mass is 245 g/mol. The van der Waals surface area contributed by atoms with Gasteiger partial charge in [0.05, 0.1) is 0 Å². The summed E-state index contributed by atoms with van der Waals surface area (Å²) in [7, 11) is 0. The van der Waals surface area contributed by atoms with Gasteiger partial charge in [-0.25, -0.2) is 9.79 Å². The van der Waals surface area contributed by atoms with Crippen LogP contribution in [0, 0.1) is 0 Å². The minimum absolute atomic E-state index is 0.118. The van der Waals surface area contributed by atoms with Gasteiger partial charge in [-0.2, -0.15) is 12.6 Å². The van der Waals surface area contributed by atoms with Gasteiger partial charge in [0.2, 0.25) is 0 Å². The van der Waals surface area contributed by atoms with Crippen molar-refractivity contribution < 1.29 is 14.3 Å². The zero-order valence-electron chi connectivity index (χ0n) is 10.0. The SMILES string of the molecule is CCOCCC(S)CC1=NC(C)(C)C(=O)O1. The number of thiol groups is 1. The molecule has 0 N–H and O–H groups in total. The Hall–Kier alpha value is -0.550. The predicted octanol–water partition coefficient (Wildman–Crippen LogP) is 1.84. The van der Waals surface area contributed by atoms with E-state index in [9.17, 15) is 4.79 Å². The van der Waals surface area contributed by atoms with E-state index in [1.54, 1.807) is 13.8 Å². The number of ether oxygens (including phenoxy) is 2. The third-order valence-electron chi connectivity index (χ3n) is 2.32. The van der Waals surface area contributed by atoms with E-state index in [2.05, 4.69) is 17.6 Å². The van der Waals surface area contributed by atoms with E-state index in [1.165, 1.54) is 0 Å². The number of hydrogen-bond acceptors (Lipinski definition) is 5. The van der Waals surface area contributed by atoms with Crippen LogP contribution in [0.15, 0.2) is 4.99 Å². The van der Waals surface area contributed by atoms with Crippen molar-refractivity contribution in [3.05, 3.63) is 0 Å². The fraction of sp³-hybridized carbons (Fsp3) is 0.818. The molecule has 1 heterocycles. The lowest BCUT2D eigenvalue weighted by Gasteiger charge is -2.09. The van der Waals surface area contributed by atoms with Crippen LogP contribution in [0.1, 0.15) is 33.6 Å². The molecular formula is C11H19NO3S. The van der Waals surface area contributed by atoms with Gasteiger partial charge in [-0.1, -0.05) is 0 Å². The van der Waals surface area contributed by atoms with Gasteiger partial charge in [0.1, 0.15) is 0 Å². The number of nitrogens with zero attached hydrogens (tertiary/aromatic N) is 1. The van der Waals surface area contributed by atoms with Crippen LogP contribution in [0.3, 0.4) is 0 Å². The second kappa shape index (κ2) is 5.68. The van der Waals surface area contributed by atoms with Gasteiger partial charge in [0.25, 0.3) is 0 Å². The topological polar surface area (TPSA) is 47.9 Å². The van der Waals surface area contributed by atoms with E-state index in [0.717, 1.165) is 6.42 Å². The molecule has 0 aromatic rings. The molecule has 5 heteroatoms. The molecule has 1 aliphatic rings. The smallest absolute Gasteiger partial charge is 0.340 e. The van der Waals surface area contributed by atoms with Gasteiger partial charge < -0.3 is 9.47 Å². The highest BCUT2D eigenvalue weighted by Gasteiger charge is 2.37. The van der Waals surface area contributed by atoms with Crippen LogP contribution < -0.4 is 0 Å². The Kier molecular flexibility index (Phi) is 4.80. The van der Waals surface area contributed by atoms with E-state index in [-0.39, 0.29) is 11.2 Å². The minimum Gasteiger partial charge on any atom is -0.410 e. The zero-order chi connectivity index (χ0) is 12.2. The summed E-state index contributed by atoms with van der Waals surface area (Å²) in [6.07, 6.45) is 1.40. The highest BCUT2D eigenvalue weighted by Crippen LogP contribution is 2.22. The first-order chi connectivity index (χ1) is 7.45. The Morgan fingerprint density at radius 3 is 2.75 bits per heavy atom. The normalized spacial score (nSPS) is 20.5. The van der Waals surface area contributed by atoms with E-state index >= 15 is 0 Å². The van der Waals surface area contributed by atoms with Gasteiger partial charge in [-0.15, -0.1) is 0 Å². The number of cyclic esters (lactones) is 1. The van der Waals surface area contributed by atoms with Crippen molar-refractivity contribution >= 4 is 24.5 Å². The van der Waals surface area contributed by atoms with Gasteiger partial charge in [0, 0.05) is 24.9 Å². The van der Waals surface area contributed by atoms with Crippen molar-refractivity contribution in [2.75, 3.05) is 13.2 Å². The third-order valence-corrected chi connectivity index (χ3v) is 2.76. The number of esters is 1. The molecule has 0 amide bonds. The van der Waals surface area contributed by atoms with E-state index in [4.69, 9.17) is 9.47 Å². The number of aliphatic imine (C=N–C) groups is 1. The third kappa shape index (κ3) is 3.79. The molecule has 0 aromatic heterocycles. The molecule has 1 rings (SSSR count). The molecule has 0 aliphatic carbocycles. The van der Waals surface area contributed by atoms with Crippen LogP contribution in [0.25, 0.3) is 0 Å². The zero-order valence-corrected chi connectivity index (χ0v) is 10.9. The van der Waals surface area contributed by atoms with E-state index < -0.39 is 5.54 Å². The number of hydrogen-bond donors (Lipinski definition) is 1. The van der Waals surface area contributed by atoms with Gasteiger partial charge in [0.15, 0.2) is 11.4 Å². The first kappa shape index (κ1) is 13.5. The quantitative estimate of drug-likeness (QED) is 0.441. The van der Waals surface area contributed by atoms with Gasteiger partial charge >= 0.3 is 5.97 Å². The fourth-order valence-electron chi connectivity index (χ4n) is 1.37. The molecule has 16 heavy (non-hydrogen) atoms. The number of carbonyl (C=O) groups is 1. The summed E-state index contributed by atoms with van der Waals surface area (Å²) in [4.78, 5) is 15.6. The summed E-state index contributed by atoms with van der Waals surface area (Å²) < 4.78 is 10.3. The Bertz CT molecular complexity index is 289.